The van der Waals surface area contributed by atoms with Crippen molar-refractivity contribution in [2.75, 3.05) is 0 Å². The molecule has 20 heavy (non-hydrogen) atoms. The van der Waals surface area contributed by atoms with E-state index in [1.807, 2.05) is 0 Å². The van der Waals surface area contributed by atoms with E-state index in [1.165, 1.54) is 37.7 Å². The minimum Gasteiger partial charge on any atom is -0.234 e. The first kappa shape index (κ1) is 17.5. The van der Waals surface area contributed by atoms with Gasteiger partial charge in [-0.05, 0) is 42.3 Å². The van der Waals surface area contributed by atoms with Crippen molar-refractivity contribution in [2.24, 2.45) is 0 Å². The largest absolute Gasteiger partial charge is 0.234 e. The first-order chi connectivity index (χ1) is 9.37. The Morgan fingerprint density at radius 1 is 0.950 bits per heavy atom. The van der Waals surface area contributed by atoms with Gasteiger partial charge in [0, 0.05) is 5.20 Å². The Labute approximate surface area is 126 Å². The minimum absolute atomic E-state index is 0.583. The molecule has 1 aliphatic carbocycles. The van der Waals surface area contributed by atoms with Gasteiger partial charge in [-0.1, -0.05) is 59.6 Å². The van der Waals surface area contributed by atoms with Crippen LogP contribution in [0.3, 0.4) is 0 Å². The van der Waals surface area contributed by atoms with Crippen molar-refractivity contribution in [1.29, 1.82) is 0 Å². The molecule has 1 rings (SSSR count). The summed E-state index contributed by atoms with van der Waals surface area (Å²) in [5, 5.41) is 1.05. The molecule has 0 spiro atoms. The molecule has 0 amide bonds. The Kier molecular flexibility index (Phi) is 6.48. The Morgan fingerprint density at radius 2 is 1.40 bits per heavy atom. The van der Waals surface area contributed by atoms with E-state index < -0.39 is 8.07 Å². The molecular formula is C18H32OSi. The molecule has 0 saturated heterocycles. The van der Waals surface area contributed by atoms with Crippen molar-refractivity contribution >= 4 is 14.0 Å². The number of carbonyl (C=O) groups excluding carboxylic acids is 1. The van der Waals surface area contributed by atoms with Crippen molar-refractivity contribution in [1.82, 2.24) is 0 Å². The third kappa shape index (κ3) is 3.35. The molecule has 2 heteroatoms. The number of rotatable bonds is 5. The third-order valence-electron chi connectivity index (χ3n) is 5.29. The molecule has 0 aromatic heterocycles. The maximum atomic E-state index is 11.8. The maximum Gasteiger partial charge on any atom is 0.123 e. The monoisotopic (exact) mass is 292 g/mol. The predicted molar refractivity (Wildman–Crippen MR) is 91.4 cm³/mol. The second-order valence-corrected chi connectivity index (χ2v) is 13.1. The van der Waals surface area contributed by atoms with Gasteiger partial charge in [-0.3, -0.25) is 0 Å². The highest BCUT2D eigenvalue weighted by Gasteiger charge is 2.46. The van der Waals surface area contributed by atoms with E-state index in [2.05, 4.69) is 53.6 Å². The highest BCUT2D eigenvalue weighted by Crippen LogP contribution is 2.46. The molecule has 114 valence electrons. The fraction of sp³-hybridized carbons (Fsp3) is 0.778. The Hall–Kier alpha value is -0.593. The van der Waals surface area contributed by atoms with Gasteiger partial charge < -0.3 is 0 Å². The summed E-state index contributed by atoms with van der Waals surface area (Å²) in [4.78, 5) is 11.8. The highest BCUT2D eigenvalue weighted by molar-refractivity contribution is 6.91. The lowest BCUT2D eigenvalue weighted by Gasteiger charge is -2.43. The fourth-order valence-electron chi connectivity index (χ4n) is 4.53. The van der Waals surface area contributed by atoms with Crippen molar-refractivity contribution in [3.8, 4) is 0 Å². The van der Waals surface area contributed by atoms with Crippen LogP contribution >= 0.6 is 0 Å². The van der Waals surface area contributed by atoms with Gasteiger partial charge in [-0.15, -0.1) is 0 Å². The zero-order valence-electron chi connectivity index (χ0n) is 14.3. The lowest BCUT2D eigenvalue weighted by molar-refractivity contribution is 0.567. The van der Waals surface area contributed by atoms with Gasteiger partial charge in [0.2, 0.25) is 0 Å². The van der Waals surface area contributed by atoms with E-state index in [0.29, 0.717) is 16.6 Å². The van der Waals surface area contributed by atoms with E-state index in [-0.39, 0.29) is 0 Å². The van der Waals surface area contributed by atoms with Crippen LogP contribution in [0.5, 0.6) is 0 Å². The van der Waals surface area contributed by atoms with Crippen molar-refractivity contribution in [2.45, 2.75) is 90.3 Å². The standard InChI is InChI=1S/C18H32OSi/c1-14(2)20(15(3)4,16(5)6)18(13-19)12-17-10-8-7-9-11-17/h12,14-16H,7-11H2,1-6H3. The van der Waals surface area contributed by atoms with Crippen LogP contribution in [0.4, 0.5) is 0 Å². The van der Waals surface area contributed by atoms with Crippen LogP contribution in [0.1, 0.15) is 73.6 Å². The summed E-state index contributed by atoms with van der Waals surface area (Å²) in [6.07, 6.45) is 8.56. The summed E-state index contributed by atoms with van der Waals surface area (Å²) in [5.41, 5.74) is 3.24. The topological polar surface area (TPSA) is 17.1 Å². The van der Waals surface area contributed by atoms with Gasteiger partial charge >= 0.3 is 0 Å². The molecule has 0 aromatic rings. The number of hydrogen-bond acceptors (Lipinski definition) is 1. The van der Waals surface area contributed by atoms with E-state index in [0.717, 1.165) is 5.20 Å². The van der Waals surface area contributed by atoms with Gasteiger partial charge in [-0.25, -0.2) is 4.79 Å². The first-order valence-corrected chi connectivity index (χ1v) is 10.6. The van der Waals surface area contributed by atoms with Crippen LogP contribution in [0.15, 0.2) is 16.8 Å². The molecule has 0 heterocycles. The SMILES string of the molecule is CC(C)[Si](C(=C=O)C=C1CCCCC1)(C(C)C)C(C)C. The molecule has 1 aliphatic rings. The van der Waals surface area contributed by atoms with E-state index in [9.17, 15) is 4.79 Å². The Balaban J connectivity index is 3.26. The molecule has 1 fully saturated rings. The molecule has 0 aromatic carbocycles. The molecule has 0 N–H and O–H groups in total. The molecular weight excluding hydrogens is 260 g/mol. The third-order valence-corrected chi connectivity index (χ3v) is 12.2. The summed E-state index contributed by atoms with van der Waals surface area (Å²) in [6, 6.07) is 0. The average molecular weight is 293 g/mol. The van der Waals surface area contributed by atoms with E-state index in [4.69, 9.17) is 0 Å². The van der Waals surface area contributed by atoms with E-state index in [1.54, 1.807) is 0 Å². The fourth-order valence-corrected chi connectivity index (χ4v) is 11.0. The molecule has 0 atom stereocenters. The first-order valence-electron chi connectivity index (χ1n) is 8.32. The Morgan fingerprint density at radius 3 is 1.75 bits per heavy atom. The van der Waals surface area contributed by atoms with Gasteiger partial charge in [0.05, 0.1) is 0 Å². The van der Waals surface area contributed by atoms with Crippen LogP contribution in [-0.2, 0) is 4.79 Å². The van der Waals surface area contributed by atoms with Crippen molar-refractivity contribution < 1.29 is 4.79 Å². The molecule has 0 unspecified atom stereocenters. The van der Waals surface area contributed by atoms with Crippen LogP contribution in [0.2, 0.25) is 16.6 Å². The average Bonchev–Trinajstić information content (AvgIpc) is 2.38. The van der Waals surface area contributed by atoms with Gasteiger partial charge in [0.25, 0.3) is 0 Å². The van der Waals surface area contributed by atoms with Gasteiger partial charge in [-0.2, -0.15) is 0 Å². The maximum absolute atomic E-state index is 11.8. The Bertz CT molecular complexity index is 368. The molecule has 1 saturated carbocycles. The zero-order chi connectivity index (χ0) is 15.3. The highest BCUT2D eigenvalue weighted by atomic mass is 28.3. The summed E-state index contributed by atoms with van der Waals surface area (Å²) in [7, 11) is -1.82. The van der Waals surface area contributed by atoms with E-state index >= 15 is 0 Å². The summed E-state index contributed by atoms with van der Waals surface area (Å²) in [5.74, 6) is 2.39. The lowest BCUT2D eigenvalue weighted by atomic mass is 9.95. The smallest absolute Gasteiger partial charge is 0.123 e. The molecule has 0 aliphatic heterocycles. The minimum atomic E-state index is -1.82. The summed E-state index contributed by atoms with van der Waals surface area (Å²) >= 11 is 0. The van der Waals surface area contributed by atoms with Crippen LogP contribution in [-0.4, -0.2) is 14.0 Å². The van der Waals surface area contributed by atoms with Gasteiger partial charge in [0.1, 0.15) is 14.0 Å². The van der Waals surface area contributed by atoms with Gasteiger partial charge in [0.15, 0.2) is 0 Å². The number of allylic oxidation sites excluding steroid dienone is 3. The van der Waals surface area contributed by atoms with Crippen LogP contribution in [0, 0.1) is 0 Å². The number of hydrogen-bond donors (Lipinski definition) is 0. The molecule has 0 radical (unpaired) electrons. The van der Waals surface area contributed by atoms with Crippen molar-refractivity contribution in [3.63, 3.8) is 0 Å². The second-order valence-electron chi connectivity index (χ2n) is 7.28. The molecule has 0 bridgehead atoms. The van der Waals surface area contributed by atoms with Crippen LogP contribution < -0.4 is 0 Å². The predicted octanol–water partition coefficient (Wildman–Crippen LogP) is 5.85. The lowest BCUT2D eigenvalue weighted by Crippen LogP contribution is -2.46. The normalized spacial score (nSPS) is 16.8. The zero-order valence-corrected chi connectivity index (χ0v) is 15.3. The summed E-state index contributed by atoms with van der Waals surface area (Å²) in [6.45, 7) is 13.9. The summed E-state index contributed by atoms with van der Waals surface area (Å²) < 4.78 is 0. The quantitative estimate of drug-likeness (QED) is 0.458. The van der Waals surface area contributed by atoms with Crippen molar-refractivity contribution in [3.05, 3.63) is 16.8 Å². The molecule has 1 nitrogen and oxygen atoms in total. The second kappa shape index (κ2) is 7.43. The van der Waals surface area contributed by atoms with Crippen LogP contribution in [0.25, 0.3) is 0 Å².